The second-order valence-corrected chi connectivity index (χ2v) is 5.88. The standard InChI is InChI=1S/C14H28N2/c1-12-8-9-15-14(10-12)11-16-13-6-4-2-3-5-7-13/h12-16H,2-11H2,1H3. The minimum absolute atomic E-state index is 0.729. The second kappa shape index (κ2) is 6.61. The van der Waals surface area contributed by atoms with Gasteiger partial charge in [-0.15, -0.1) is 0 Å². The van der Waals surface area contributed by atoms with E-state index in [1.165, 1.54) is 64.5 Å². The smallest absolute Gasteiger partial charge is 0.0195 e. The maximum atomic E-state index is 3.79. The van der Waals surface area contributed by atoms with Crippen LogP contribution in [0.3, 0.4) is 0 Å². The first-order valence-corrected chi connectivity index (χ1v) is 7.31. The van der Waals surface area contributed by atoms with Gasteiger partial charge in [-0.05, 0) is 38.1 Å². The highest BCUT2D eigenvalue weighted by Gasteiger charge is 2.19. The predicted molar refractivity (Wildman–Crippen MR) is 69.7 cm³/mol. The zero-order valence-electron chi connectivity index (χ0n) is 10.8. The highest BCUT2D eigenvalue weighted by atomic mass is 15.0. The first-order chi connectivity index (χ1) is 7.84. The lowest BCUT2D eigenvalue weighted by Gasteiger charge is -2.30. The predicted octanol–water partition coefficient (Wildman–Crippen LogP) is 2.69. The molecular formula is C14H28N2. The highest BCUT2D eigenvalue weighted by Crippen LogP contribution is 2.18. The number of rotatable bonds is 3. The molecule has 1 aliphatic heterocycles. The first-order valence-electron chi connectivity index (χ1n) is 7.31. The van der Waals surface area contributed by atoms with Gasteiger partial charge in [-0.25, -0.2) is 0 Å². The summed E-state index contributed by atoms with van der Waals surface area (Å²) >= 11 is 0. The number of piperidine rings is 1. The molecular weight excluding hydrogens is 196 g/mol. The van der Waals surface area contributed by atoms with Crippen molar-refractivity contribution in [2.75, 3.05) is 13.1 Å². The molecule has 2 rings (SSSR count). The molecule has 2 nitrogen and oxygen atoms in total. The minimum Gasteiger partial charge on any atom is -0.313 e. The summed E-state index contributed by atoms with van der Waals surface area (Å²) in [4.78, 5) is 0. The summed E-state index contributed by atoms with van der Waals surface area (Å²) in [6.07, 6.45) is 11.3. The lowest BCUT2D eigenvalue weighted by molar-refractivity contribution is 0.298. The molecule has 1 saturated carbocycles. The Morgan fingerprint density at radius 3 is 2.50 bits per heavy atom. The molecule has 2 N–H and O–H groups in total. The third-order valence-electron chi connectivity index (χ3n) is 4.27. The third-order valence-corrected chi connectivity index (χ3v) is 4.27. The molecule has 1 saturated heterocycles. The Morgan fingerprint density at radius 1 is 1.06 bits per heavy atom. The van der Waals surface area contributed by atoms with Crippen molar-refractivity contribution in [2.45, 2.75) is 70.4 Å². The van der Waals surface area contributed by atoms with Gasteiger partial charge >= 0.3 is 0 Å². The molecule has 2 aliphatic rings. The van der Waals surface area contributed by atoms with Crippen molar-refractivity contribution in [1.29, 1.82) is 0 Å². The lowest BCUT2D eigenvalue weighted by Crippen LogP contribution is -2.46. The van der Waals surface area contributed by atoms with Crippen LogP contribution in [0.2, 0.25) is 0 Å². The van der Waals surface area contributed by atoms with Crippen LogP contribution >= 0.6 is 0 Å². The normalized spacial score (nSPS) is 33.6. The molecule has 16 heavy (non-hydrogen) atoms. The van der Waals surface area contributed by atoms with Crippen LogP contribution in [0.4, 0.5) is 0 Å². The SMILES string of the molecule is CC1CCNC(CNC2CCCCCC2)C1. The Balaban J connectivity index is 1.65. The van der Waals surface area contributed by atoms with Crippen LogP contribution in [0.5, 0.6) is 0 Å². The number of nitrogens with one attached hydrogen (secondary N) is 2. The van der Waals surface area contributed by atoms with Gasteiger partial charge in [0.05, 0.1) is 0 Å². The van der Waals surface area contributed by atoms with Gasteiger partial charge in [0.15, 0.2) is 0 Å². The van der Waals surface area contributed by atoms with E-state index in [1.807, 2.05) is 0 Å². The van der Waals surface area contributed by atoms with E-state index >= 15 is 0 Å². The van der Waals surface area contributed by atoms with E-state index in [0.29, 0.717) is 0 Å². The largest absolute Gasteiger partial charge is 0.313 e. The van der Waals surface area contributed by atoms with Gasteiger partial charge in [-0.3, -0.25) is 0 Å². The van der Waals surface area contributed by atoms with E-state index in [4.69, 9.17) is 0 Å². The summed E-state index contributed by atoms with van der Waals surface area (Å²) in [7, 11) is 0. The summed E-state index contributed by atoms with van der Waals surface area (Å²) < 4.78 is 0. The molecule has 0 aromatic rings. The topological polar surface area (TPSA) is 24.1 Å². The molecule has 0 aromatic carbocycles. The fourth-order valence-electron chi connectivity index (χ4n) is 3.17. The Labute approximate surface area is 101 Å². The van der Waals surface area contributed by atoms with Crippen LogP contribution in [0.25, 0.3) is 0 Å². The quantitative estimate of drug-likeness (QED) is 0.720. The van der Waals surface area contributed by atoms with Gasteiger partial charge in [-0.2, -0.15) is 0 Å². The van der Waals surface area contributed by atoms with E-state index in [-0.39, 0.29) is 0 Å². The molecule has 0 amide bonds. The summed E-state index contributed by atoms with van der Waals surface area (Å²) in [5, 5.41) is 7.43. The van der Waals surface area contributed by atoms with Crippen molar-refractivity contribution in [3.63, 3.8) is 0 Å². The molecule has 2 fully saturated rings. The van der Waals surface area contributed by atoms with Crippen molar-refractivity contribution < 1.29 is 0 Å². The Kier molecular flexibility index (Phi) is 5.11. The van der Waals surface area contributed by atoms with Gasteiger partial charge in [0.2, 0.25) is 0 Å². The maximum Gasteiger partial charge on any atom is 0.0195 e. The van der Waals surface area contributed by atoms with Crippen molar-refractivity contribution in [2.24, 2.45) is 5.92 Å². The van der Waals surface area contributed by atoms with E-state index in [2.05, 4.69) is 17.6 Å². The zero-order valence-corrected chi connectivity index (χ0v) is 10.8. The first kappa shape index (κ1) is 12.4. The van der Waals surface area contributed by atoms with Crippen LogP contribution in [-0.4, -0.2) is 25.2 Å². The van der Waals surface area contributed by atoms with Crippen LogP contribution in [0.1, 0.15) is 58.3 Å². The Bertz CT molecular complexity index is 183. The average Bonchev–Trinajstić information content (AvgIpc) is 2.55. The fraction of sp³-hybridized carbons (Fsp3) is 1.00. The van der Waals surface area contributed by atoms with Gasteiger partial charge < -0.3 is 10.6 Å². The summed E-state index contributed by atoms with van der Waals surface area (Å²) in [5.41, 5.74) is 0. The summed E-state index contributed by atoms with van der Waals surface area (Å²) in [6.45, 7) is 4.80. The maximum absolute atomic E-state index is 3.79. The van der Waals surface area contributed by atoms with Crippen molar-refractivity contribution in [3.8, 4) is 0 Å². The van der Waals surface area contributed by atoms with Crippen molar-refractivity contribution in [3.05, 3.63) is 0 Å². The molecule has 0 aromatic heterocycles. The second-order valence-electron chi connectivity index (χ2n) is 5.88. The van der Waals surface area contributed by atoms with E-state index in [9.17, 15) is 0 Å². The van der Waals surface area contributed by atoms with E-state index in [1.54, 1.807) is 0 Å². The molecule has 0 bridgehead atoms. The van der Waals surface area contributed by atoms with Gasteiger partial charge in [0.1, 0.15) is 0 Å². The number of hydrogen-bond acceptors (Lipinski definition) is 2. The van der Waals surface area contributed by atoms with Gasteiger partial charge in [-0.1, -0.05) is 32.6 Å². The van der Waals surface area contributed by atoms with Crippen molar-refractivity contribution in [1.82, 2.24) is 10.6 Å². The van der Waals surface area contributed by atoms with E-state index < -0.39 is 0 Å². The van der Waals surface area contributed by atoms with Crippen LogP contribution in [0, 0.1) is 5.92 Å². The Hall–Kier alpha value is -0.0800. The molecule has 0 spiro atoms. The van der Waals surface area contributed by atoms with Crippen LogP contribution < -0.4 is 10.6 Å². The molecule has 94 valence electrons. The van der Waals surface area contributed by atoms with Crippen molar-refractivity contribution >= 4 is 0 Å². The molecule has 1 heterocycles. The van der Waals surface area contributed by atoms with Crippen LogP contribution in [-0.2, 0) is 0 Å². The Morgan fingerprint density at radius 2 is 1.81 bits per heavy atom. The van der Waals surface area contributed by atoms with Gasteiger partial charge in [0.25, 0.3) is 0 Å². The summed E-state index contributed by atoms with van der Waals surface area (Å²) in [6, 6.07) is 1.54. The monoisotopic (exact) mass is 224 g/mol. The molecule has 1 aliphatic carbocycles. The molecule has 0 radical (unpaired) electrons. The van der Waals surface area contributed by atoms with Crippen LogP contribution in [0.15, 0.2) is 0 Å². The lowest BCUT2D eigenvalue weighted by atomic mass is 9.94. The van der Waals surface area contributed by atoms with E-state index in [0.717, 1.165) is 18.0 Å². The zero-order chi connectivity index (χ0) is 11.2. The average molecular weight is 224 g/mol. The number of hydrogen-bond donors (Lipinski definition) is 2. The summed E-state index contributed by atoms with van der Waals surface area (Å²) in [5.74, 6) is 0.919. The minimum atomic E-state index is 0.729. The molecule has 2 heteroatoms. The molecule has 2 unspecified atom stereocenters. The fourth-order valence-corrected chi connectivity index (χ4v) is 3.17. The molecule has 2 atom stereocenters. The third kappa shape index (κ3) is 4.06. The highest BCUT2D eigenvalue weighted by molar-refractivity contribution is 4.80. The van der Waals surface area contributed by atoms with Gasteiger partial charge in [0, 0.05) is 18.6 Å².